The first-order valence-corrected chi connectivity index (χ1v) is 8.48. The van der Waals surface area contributed by atoms with Crippen molar-refractivity contribution >= 4 is 15.5 Å². The van der Waals surface area contributed by atoms with Crippen LogP contribution >= 0.6 is 0 Å². The van der Waals surface area contributed by atoms with Crippen molar-refractivity contribution in [3.8, 4) is 5.75 Å². The van der Waals surface area contributed by atoms with Gasteiger partial charge >= 0.3 is 5.76 Å². The van der Waals surface area contributed by atoms with Gasteiger partial charge in [-0.15, -0.1) is 0 Å². The predicted molar refractivity (Wildman–Crippen MR) is 84.8 cm³/mol. The maximum Gasteiger partial charge on any atom is 0.341 e. The summed E-state index contributed by atoms with van der Waals surface area (Å²) in [7, 11) is -3.07. The van der Waals surface area contributed by atoms with Gasteiger partial charge in [-0.25, -0.2) is 8.42 Å². The van der Waals surface area contributed by atoms with E-state index in [0.717, 1.165) is 11.3 Å². The maximum absolute atomic E-state index is 12.7. The summed E-state index contributed by atoms with van der Waals surface area (Å²) in [5.41, 5.74) is 1.11. The number of anilines is 1. The van der Waals surface area contributed by atoms with E-state index in [1.807, 2.05) is 24.3 Å². The van der Waals surface area contributed by atoms with E-state index in [4.69, 9.17) is 4.74 Å². The van der Waals surface area contributed by atoms with Gasteiger partial charge in [0.1, 0.15) is 5.75 Å². The second-order valence-corrected chi connectivity index (χ2v) is 6.68. The summed E-state index contributed by atoms with van der Waals surface area (Å²) in [6.07, 6.45) is 0.563. The fourth-order valence-electron chi connectivity index (χ4n) is 2.20. The molecule has 0 fully saturated rings. The molecule has 0 atom stereocenters. The van der Waals surface area contributed by atoms with Gasteiger partial charge < -0.3 is 10.1 Å². The van der Waals surface area contributed by atoms with E-state index in [1.54, 1.807) is 13.2 Å². The van der Waals surface area contributed by atoms with Crippen LogP contribution in [0.4, 0.5) is 14.5 Å². The van der Waals surface area contributed by atoms with Gasteiger partial charge in [-0.3, -0.25) is 0 Å². The van der Waals surface area contributed by atoms with Crippen LogP contribution in [0.25, 0.3) is 0 Å². The molecule has 23 heavy (non-hydrogen) atoms. The Morgan fingerprint density at radius 3 is 2.43 bits per heavy atom. The van der Waals surface area contributed by atoms with Crippen molar-refractivity contribution in [3.63, 3.8) is 0 Å². The first-order valence-electron chi connectivity index (χ1n) is 6.93. The molecule has 2 rings (SSSR count). The minimum Gasteiger partial charge on any atom is -0.496 e. The lowest BCUT2D eigenvalue weighted by Crippen LogP contribution is -2.15. The summed E-state index contributed by atoms with van der Waals surface area (Å²) < 4.78 is 54.1. The van der Waals surface area contributed by atoms with Gasteiger partial charge in [0.25, 0.3) is 0 Å². The minimum absolute atomic E-state index is 0.169. The molecule has 0 heterocycles. The first-order chi connectivity index (χ1) is 11.0. The second-order valence-electron chi connectivity index (χ2n) is 4.79. The Bertz CT molecular complexity index is 763. The Morgan fingerprint density at radius 2 is 1.74 bits per heavy atom. The molecule has 0 aromatic heterocycles. The molecule has 4 nitrogen and oxygen atoms in total. The molecule has 0 amide bonds. The largest absolute Gasteiger partial charge is 0.496 e. The van der Waals surface area contributed by atoms with E-state index in [2.05, 4.69) is 5.32 Å². The molecule has 7 heteroatoms. The molecule has 124 valence electrons. The van der Waals surface area contributed by atoms with E-state index >= 15 is 0 Å². The van der Waals surface area contributed by atoms with E-state index in [-0.39, 0.29) is 5.69 Å². The van der Waals surface area contributed by atoms with Gasteiger partial charge in [-0.05, 0) is 30.2 Å². The lowest BCUT2D eigenvalue weighted by molar-refractivity contribution is 0.235. The Hall–Kier alpha value is -2.15. The van der Waals surface area contributed by atoms with E-state index in [0.29, 0.717) is 13.0 Å². The molecule has 2 aromatic rings. The third kappa shape index (κ3) is 3.98. The van der Waals surface area contributed by atoms with Crippen molar-refractivity contribution in [2.45, 2.75) is 17.1 Å². The first kappa shape index (κ1) is 17.2. The number of nitrogens with one attached hydrogen (secondary N) is 1. The van der Waals surface area contributed by atoms with E-state index in [1.165, 1.54) is 18.2 Å². The van der Waals surface area contributed by atoms with E-state index < -0.39 is 20.5 Å². The van der Waals surface area contributed by atoms with Crippen LogP contribution in [0.15, 0.2) is 53.4 Å². The molecule has 0 saturated carbocycles. The zero-order chi connectivity index (χ0) is 16.9. The summed E-state index contributed by atoms with van der Waals surface area (Å²) in [6.45, 7) is 0.385. The topological polar surface area (TPSA) is 55.4 Å². The summed E-state index contributed by atoms with van der Waals surface area (Å²) in [6, 6.07) is 13.1. The number of sulfone groups is 1. The van der Waals surface area contributed by atoms with Crippen molar-refractivity contribution in [3.05, 3.63) is 54.1 Å². The Morgan fingerprint density at radius 1 is 1.09 bits per heavy atom. The van der Waals surface area contributed by atoms with Crippen molar-refractivity contribution in [2.24, 2.45) is 0 Å². The molecule has 0 aliphatic carbocycles. The maximum atomic E-state index is 12.7. The highest BCUT2D eigenvalue weighted by Gasteiger charge is 2.28. The van der Waals surface area contributed by atoms with Gasteiger partial charge in [-0.2, -0.15) is 8.78 Å². The molecular weight excluding hydrogens is 324 g/mol. The van der Waals surface area contributed by atoms with Gasteiger partial charge in [0.05, 0.1) is 17.7 Å². The quantitative estimate of drug-likeness (QED) is 0.839. The number of benzene rings is 2. The Labute approximate surface area is 134 Å². The van der Waals surface area contributed by atoms with Gasteiger partial charge in [0.15, 0.2) is 0 Å². The number of hydrogen-bond acceptors (Lipinski definition) is 4. The highest BCUT2D eigenvalue weighted by Crippen LogP contribution is 2.26. The number of ether oxygens (including phenoxy) is 1. The molecule has 0 saturated heterocycles. The summed E-state index contributed by atoms with van der Waals surface area (Å²) >= 11 is 0. The van der Waals surface area contributed by atoms with Crippen molar-refractivity contribution in [1.29, 1.82) is 0 Å². The van der Waals surface area contributed by atoms with Gasteiger partial charge in [-0.1, -0.05) is 30.3 Å². The summed E-state index contributed by atoms with van der Waals surface area (Å²) in [5, 5.41) is 2.91. The smallest absolute Gasteiger partial charge is 0.341 e. The third-order valence-corrected chi connectivity index (χ3v) is 4.77. The van der Waals surface area contributed by atoms with Crippen LogP contribution in [0.1, 0.15) is 5.56 Å². The van der Waals surface area contributed by atoms with E-state index in [9.17, 15) is 17.2 Å². The van der Waals surface area contributed by atoms with Crippen LogP contribution in [0.2, 0.25) is 0 Å². The Kier molecular flexibility index (Phi) is 5.54. The molecule has 2 aromatic carbocycles. The van der Waals surface area contributed by atoms with Crippen molar-refractivity contribution < 1.29 is 21.9 Å². The zero-order valence-electron chi connectivity index (χ0n) is 12.5. The van der Waals surface area contributed by atoms with Crippen LogP contribution in [0, 0.1) is 0 Å². The Balaban J connectivity index is 2.13. The van der Waals surface area contributed by atoms with Crippen molar-refractivity contribution in [1.82, 2.24) is 0 Å². The molecule has 0 aliphatic rings. The van der Waals surface area contributed by atoms with Crippen LogP contribution < -0.4 is 10.1 Å². The zero-order valence-corrected chi connectivity index (χ0v) is 13.3. The van der Waals surface area contributed by atoms with Gasteiger partial charge in [0, 0.05) is 6.54 Å². The molecule has 1 N–H and O–H groups in total. The lowest BCUT2D eigenvalue weighted by Gasteiger charge is -2.13. The molecule has 0 radical (unpaired) electrons. The SMILES string of the molecule is COc1ccccc1CCNc1ccccc1S(=O)(=O)C(F)F. The average Bonchev–Trinajstić information content (AvgIpc) is 2.55. The molecule has 0 spiro atoms. The average molecular weight is 341 g/mol. The van der Waals surface area contributed by atoms with Crippen LogP contribution in [0.5, 0.6) is 5.75 Å². The number of para-hydroxylation sites is 2. The highest BCUT2D eigenvalue weighted by molar-refractivity contribution is 7.91. The molecule has 0 bridgehead atoms. The number of halogens is 2. The lowest BCUT2D eigenvalue weighted by atomic mass is 10.1. The number of hydrogen-bond donors (Lipinski definition) is 1. The fourth-order valence-corrected chi connectivity index (χ4v) is 3.11. The number of alkyl halides is 2. The number of methoxy groups -OCH3 is 1. The minimum atomic E-state index is -4.64. The third-order valence-electron chi connectivity index (χ3n) is 3.33. The predicted octanol–water partition coefficient (Wildman–Crippen LogP) is 3.35. The molecule has 0 unspecified atom stereocenters. The molecule has 0 aliphatic heterocycles. The fraction of sp³-hybridized carbons (Fsp3) is 0.250. The summed E-state index contributed by atoms with van der Waals surface area (Å²) in [4.78, 5) is -0.393. The monoisotopic (exact) mass is 341 g/mol. The standard InChI is InChI=1S/C16H17F2NO3S/c1-22-14-8-4-2-6-12(14)10-11-19-13-7-3-5-9-15(13)23(20,21)16(17)18/h2-9,16,19H,10-11H2,1H3. The van der Waals surface area contributed by atoms with Gasteiger partial charge in [0.2, 0.25) is 9.84 Å². The summed E-state index contributed by atoms with van der Waals surface area (Å²) in [5.74, 6) is -2.72. The normalized spacial score (nSPS) is 11.5. The molecular formula is C16H17F2NO3S. The van der Waals surface area contributed by atoms with Crippen LogP contribution in [-0.4, -0.2) is 27.8 Å². The number of rotatable bonds is 7. The van der Waals surface area contributed by atoms with Crippen LogP contribution in [0.3, 0.4) is 0 Å². The van der Waals surface area contributed by atoms with Crippen molar-refractivity contribution in [2.75, 3.05) is 19.0 Å². The second kappa shape index (κ2) is 7.41. The highest BCUT2D eigenvalue weighted by atomic mass is 32.2. The van der Waals surface area contributed by atoms with Crippen LogP contribution in [-0.2, 0) is 16.3 Å².